The van der Waals surface area contributed by atoms with Gasteiger partial charge in [-0.2, -0.15) is 0 Å². The van der Waals surface area contributed by atoms with Gasteiger partial charge in [-0.3, -0.25) is 0 Å². The Labute approximate surface area is 103 Å². The molecule has 0 aromatic carbocycles. The Morgan fingerprint density at radius 1 is 1.41 bits per heavy atom. The Kier molecular flexibility index (Phi) is 4.04. The van der Waals surface area contributed by atoms with Gasteiger partial charge in [0.05, 0.1) is 25.8 Å². The van der Waals surface area contributed by atoms with Crippen LogP contribution < -0.4 is 0 Å². The zero-order chi connectivity index (χ0) is 13.3. The van der Waals surface area contributed by atoms with Crippen LogP contribution in [0, 0.1) is 0 Å². The lowest BCUT2D eigenvalue weighted by molar-refractivity contribution is -0.143. The van der Waals surface area contributed by atoms with Crippen molar-refractivity contribution in [1.82, 2.24) is 4.90 Å². The summed E-state index contributed by atoms with van der Waals surface area (Å²) >= 11 is 0. The fourth-order valence-corrected chi connectivity index (χ4v) is 1.53. The summed E-state index contributed by atoms with van der Waals surface area (Å²) in [6.07, 6.45) is -0.304. The zero-order valence-corrected chi connectivity index (χ0v) is 11.3. The highest BCUT2D eigenvalue weighted by molar-refractivity contribution is 5.69. The van der Waals surface area contributed by atoms with Crippen LogP contribution in [0.5, 0.6) is 0 Å². The van der Waals surface area contributed by atoms with E-state index in [9.17, 15) is 9.90 Å². The van der Waals surface area contributed by atoms with Crippen molar-refractivity contribution in [3.63, 3.8) is 0 Å². The van der Waals surface area contributed by atoms with E-state index in [1.54, 1.807) is 0 Å². The second-order valence-electron chi connectivity index (χ2n) is 5.92. The minimum Gasteiger partial charge on any atom is -0.444 e. The van der Waals surface area contributed by atoms with Crippen molar-refractivity contribution in [3.05, 3.63) is 0 Å². The molecule has 0 aromatic heterocycles. The third kappa shape index (κ3) is 4.52. The van der Waals surface area contributed by atoms with Gasteiger partial charge in [0, 0.05) is 0 Å². The van der Waals surface area contributed by atoms with Gasteiger partial charge in [-0.05, 0) is 34.6 Å². The number of carbonyl (C=O) groups is 1. The van der Waals surface area contributed by atoms with Gasteiger partial charge in [0.2, 0.25) is 0 Å². The Morgan fingerprint density at radius 3 is 2.35 bits per heavy atom. The number of rotatable bonds is 3. The number of aliphatic hydroxyl groups is 1. The first-order chi connectivity index (χ1) is 7.61. The molecule has 0 aliphatic carbocycles. The molecule has 0 aromatic rings. The molecule has 5 heteroatoms. The number of amides is 1. The first-order valence-corrected chi connectivity index (χ1v) is 5.93. The van der Waals surface area contributed by atoms with E-state index in [1.165, 1.54) is 4.90 Å². The molecule has 1 saturated heterocycles. The zero-order valence-electron chi connectivity index (χ0n) is 11.3. The lowest BCUT2D eigenvalue weighted by atomic mass is 9.96. The number of likely N-dealkylation sites (tertiary alicyclic amines) is 1. The molecule has 0 unspecified atom stereocenters. The summed E-state index contributed by atoms with van der Waals surface area (Å²) in [4.78, 5) is 13.1. The van der Waals surface area contributed by atoms with Gasteiger partial charge in [-0.25, -0.2) is 4.79 Å². The summed E-state index contributed by atoms with van der Waals surface area (Å²) in [5, 5.41) is 10.0. The van der Waals surface area contributed by atoms with E-state index in [-0.39, 0.29) is 31.9 Å². The summed E-state index contributed by atoms with van der Waals surface area (Å²) in [5.74, 6) is 0. The van der Waals surface area contributed by atoms with Crippen molar-refractivity contribution in [1.29, 1.82) is 0 Å². The number of nitrogens with zero attached hydrogens (tertiary/aromatic N) is 1. The van der Waals surface area contributed by atoms with Gasteiger partial charge >= 0.3 is 6.09 Å². The average Bonchev–Trinajstić information content (AvgIpc) is 2.07. The second kappa shape index (κ2) is 4.82. The normalized spacial score (nSPS) is 19.1. The predicted octanol–water partition coefficient (Wildman–Crippen LogP) is 1.39. The maximum Gasteiger partial charge on any atom is 0.410 e. The molecule has 0 saturated carbocycles. The standard InChI is InChI=1S/C12H23NO4/c1-9(2)16-8-12(15)6-13(7-12)10(14)17-11(3,4)5/h9,15H,6-8H2,1-5H3. The molecule has 0 spiro atoms. The molecule has 1 rings (SSSR count). The number of ether oxygens (including phenoxy) is 2. The van der Waals surface area contributed by atoms with Gasteiger partial charge in [0.15, 0.2) is 0 Å². The highest BCUT2D eigenvalue weighted by Crippen LogP contribution is 2.24. The first-order valence-electron chi connectivity index (χ1n) is 5.93. The van der Waals surface area contributed by atoms with Crippen LogP contribution in [0.25, 0.3) is 0 Å². The van der Waals surface area contributed by atoms with Crippen molar-refractivity contribution in [2.75, 3.05) is 19.7 Å². The van der Waals surface area contributed by atoms with E-state index in [0.29, 0.717) is 0 Å². The molecule has 0 radical (unpaired) electrons. The molecule has 0 bridgehead atoms. The molecule has 1 aliphatic rings. The van der Waals surface area contributed by atoms with Gasteiger partial charge < -0.3 is 19.5 Å². The topological polar surface area (TPSA) is 59.0 Å². The quantitative estimate of drug-likeness (QED) is 0.816. The third-order valence-corrected chi connectivity index (χ3v) is 2.31. The lowest BCUT2D eigenvalue weighted by Crippen LogP contribution is -2.66. The molecule has 1 aliphatic heterocycles. The SMILES string of the molecule is CC(C)OCC1(O)CN(C(=O)OC(C)(C)C)C1. The van der Waals surface area contributed by atoms with Crippen LogP contribution >= 0.6 is 0 Å². The molecular formula is C12H23NO4. The number of β-amino-alcohol motifs (C(OH)–C–C–N with tert-alkyl or cyclic N) is 1. The summed E-state index contributed by atoms with van der Waals surface area (Å²) in [5.41, 5.74) is -1.42. The van der Waals surface area contributed by atoms with Crippen LogP contribution in [0.3, 0.4) is 0 Å². The Balaban J connectivity index is 2.33. The van der Waals surface area contributed by atoms with E-state index >= 15 is 0 Å². The van der Waals surface area contributed by atoms with Crippen molar-refractivity contribution in [2.24, 2.45) is 0 Å². The van der Waals surface area contributed by atoms with Gasteiger partial charge in [0.1, 0.15) is 11.2 Å². The van der Waals surface area contributed by atoms with Crippen molar-refractivity contribution >= 4 is 6.09 Å². The smallest absolute Gasteiger partial charge is 0.410 e. The van der Waals surface area contributed by atoms with Gasteiger partial charge in [-0.15, -0.1) is 0 Å². The monoisotopic (exact) mass is 245 g/mol. The summed E-state index contributed by atoms with van der Waals surface area (Å²) < 4.78 is 10.5. The highest BCUT2D eigenvalue weighted by atomic mass is 16.6. The van der Waals surface area contributed by atoms with Gasteiger partial charge in [-0.1, -0.05) is 0 Å². The average molecular weight is 245 g/mol. The Bertz CT molecular complexity index is 277. The molecule has 1 amide bonds. The molecular weight excluding hydrogens is 222 g/mol. The molecule has 100 valence electrons. The highest BCUT2D eigenvalue weighted by Gasteiger charge is 2.45. The Hall–Kier alpha value is -0.810. The van der Waals surface area contributed by atoms with Crippen molar-refractivity contribution < 1.29 is 19.4 Å². The predicted molar refractivity (Wildman–Crippen MR) is 63.8 cm³/mol. The molecule has 1 fully saturated rings. The molecule has 0 atom stereocenters. The van der Waals surface area contributed by atoms with Crippen LogP contribution in [-0.2, 0) is 9.47 Å². The van der Waals surface area contributed by atoms with Crippen LogP contribution in [0.2, 0.25) is 0 Å². The van der Waals surface area contributed by atoms with Gasteiger partial charge in [0.25, 0.3) is 0 Å². The van der Waals surface area contributed by atoms with E-state index in [4.69, 9.17) is 9.47 Å². The number of hydrogen-bond donors (Lipinski definition) is 1. The van der Waals surface area contributed by atoms with Crippen LogP contribution in [0.4, 0.5) is 4.79 Å². The fourth-order valence-electron chi connectivity index (χ4n) is 1.53. The summed E-state index contributed by atoms with van der Waals surface area (Å²) in [7, 11) is 0. The largest absolute Gasteiger partial charge is 0.444 e. The molecule has 1 N–H and O–H groups in total. The molecule has 5 nitrogen and oxygen atoms in total. The summed E-state index contributed by atoms with van der Waals surface area (Å²) in [6, 6.07) is 0. The van der Waals surface area contributed by atoms with Crippen molar-refractivity contribution in [2.45, 2.75) is 51.9 Å². The molecule has 17 heavy (non-hydrogen) atoms. The summed E-state index contributed by atoms with van der Waals surface area (Å²) in [6.45, 7) is 10.1. The second-order valence-corrected chi connectivity index (χ2v) is 5.92. The van der Waals surface area contributed by atoms with Crippen LogP contribution in [0.1, 0.15) is 34.6 Å². The van der Waals surface area contributed by atoms with Crippen LogP contribution in [0.15, 0.2) is 0 Å². The Morgan fingerprint density at radius 2 is 1.94 bits per heavy atom. The van der Waals surface area contributed by atoms with Crippen LogP contribution in [-0.4, -0.2) is 53.1 Å². The maximum atomic E-state index is 11.6. The maximum absolute atomic E-state index is 11.6. The van der Waals surface area contributed by atoms with E-state index < -0.39 is 11.2 Å². The van der Waals surface area contributed by atoms with Crippen molar-refractivity contribution in [3.8, 4) is 0 Å². The number of carbonyl (C=O) groups excluding carboxylic acids is 1. The molecule has 1 heterocycles. The van der Waals surface area contributed by atoms with E-state index in [2.05, 4.69) is 0 Å². The minimum atomic E-state index is -0.916. The number of hydrogen-bond acceptors (Lipinski definition) is 4. The van der Waals surface area contributed by atoms with E-state index in [1.807, 2.05) is 34.6 Å². The fraction of sp³-hybridized carbons (Fsp3) is 0.917. The minimum absolute atomic E-state index is 0.0783. The third-order valence-electron chi connectivity index (χ3n) is 2.31. The van der Waals surface area contributed by atoms with E-state index in [0.717, 1.165) is 0 Å². The lowest BCUT2D eigenvalue weighted by Gasteiger charge is -2.46. The first kappa shape index (κ1) is 14.3.